The smallest absolute Gasteiger partial charge is 0.362 e. The van der Waals surface area contributed by atoms with Crippen LogP contribution in [0.25, 0.3) is 0 Å². The van der Waals surface area contributed by atoms with Crippen molar-refractivity contribution in [2.45, 2.75) is 193 Å². The summed E-state index contributed by atoms with van der Waals surface area (Å²) in [7, 11) is 5.50. The molecule has 2 atom stereocenters. The molecule has 0 aromatic rings. The lowest BCUT2D eigenvalue weighted by atomic mass is 10.1. The van der Waals surface area contributed by atoms with Crippen molar-refractivity contribution < 1.29 is 38.2 Å². The Hall–Kier alpha value is -4.27. The number of carboxylic acid groups (broad SMARTS) is 1. The van der Waals surface area contributed by atoms with Gasteiger partial charge < -0.3 is 23.8 Å². The van der Waals surface area contributed by atoms with E-state index in [-0.39, 0.29) is 36.2 Å². The number of hydrogen-bond acceptors (Lipinski definition) is 6. The fourth-order valence-electron chi connectivity index (χ4n) is 6.84. The molecule has 0 heterocycles. The van der Waals surface area contributed by atoms with Gasteiger partial charge in [0.1, 0.15) is 6.61 Å². The van der Waals surface area contributed by atoms with Crippen LogP contribution in [0.3, 0.4) is 0 Å². The molecule has 1 N–H and O–H groups in total. The number of carbonyl (C=O) groups excluding carboxylic acids is 2. The summed E-state index contributed by atoms with van der Waals surface area (Å²) in [5.41, 5.74) is 0. The molecule has 0 bridgehead atoms. The van der Waals surface area contributed by atoms with E-state index in [0.717, 1.165) is 103 Å². The maximum absolute atomic E-state index is 12.8. The molecule has 0 fully saturated rings. The Bertz CT molecular complexity index is 1500. The van der Waals surface area contributed by atoms with Gasteiger partial charge in [-0.25, -0.2) is 4.79 Å². The number of hydrogen-bond donors (Lipinski definition) is 1. The topological polar surface area (TPSA) is 99.1 Å². The Morgan fingerprint density at radius 2 is 0.836 bits per heavy atom. The monoisotopic (exact) mass is 931 g/mol. The number of likely N-dealkylation sites (N-methyl/N-ethyl adjacent to an activating group) is 1. The van der Waals surface area contributed by atoms with Gasteiger partial charge in [-0.3, -0.25) is 9.59 Å². The molecular weight excluding hydrogens is 835 g/mol. The molecule has 0 aliphatic rings. The minimum absolute atomic E-state index is 0.0324. The van der Waals surface area contributed by atoms with Crippen LogP contribution in [-0.4, -0.2) is 80.6 Å². The molecule has 0 amide bonds. The highest BCUT2D eigenvalue weighted by molar-refractivity contribution is 5.72. The highest BCUT2D eigenvalue weighted by Gasteiger charge is 2.31. The van der Waals surface area contributed by atoms with E-state index >= 15 is 0 Å². The van der Waals surface area contributed by atoms with Gasteiger partial charge >= 0.3 is 17.9 Å². The van der Waals surface area contributed by atoms with Gasteiger partial charge in [0.15, 0.2) is 12.1 Å². The number of unbranched alkanes of at least 4 members (excludes halogenated alkanes) is 11. The summed E-state index contributed by atoms with van der Waals surface area (Å²) in [6.45, 7) is 4.52. The zero-order chi connectivity index (χ0) is 49.2. The van der Waals surface area contributed by atoms with Gasteiger partial charge in [0.25, 0.3) is 0 Å². The van der Waals surface area contributed by atoms with E-state index in [1.807, 2.05) is 21.1 Å². The molecule has 2 unspecified atom stereocenters. The third kappa shape index (κ3) is 46.6. The van der Waals surface area contributed by atoms with Crippen LogP contribution in [-0.2, 0) is 28.6 Å². The Morgan fingerprint density at radius 1 is 0.463 bits per heavy atom. The van der Waals surface area contributed by atoms with Gasteiger partial charge in [0.05, 0.1) is 34.4 Å². The average Bonchev–Trinajstić information content (AvgIpc) is 3.29. The normalized spacial score (nSPS) is 13.9. The first-order valence-electron chi connectivity index (χ1n) is 26.1. The maximum Gasteiger partial charge on any atom is 0.362 e. The molecule has 0 rings (SSSR count). The lowest BCUT2D eigenvalue weighted by Crippen LogP contribution is -2.50. The van der Waals surface area contributed by atoms with Crippen LogP contribution in [0.2, 0.25) is 0 Å². The fourth-order valence-corrected chi connectivity index (χ4v) is 6.84. The molecular formula is C59H96NO7+. The Balaban J connectivity index is 4.39. The van der Waals surface area contributed by atoms with E-state index in [1.165, 1.54) is 38.5 Å². The molecule has 378 valence electrons. The standard InChI is InChI=1S/C59H95NO7/c1-6-8-10-12-14-16-18-20-22-24-26-28-30-32-34-36-38-40-42-44-46-48-50-58(62)67-55(53-65-52-51-56(59(63)64)60(3,4)5)54-66-57(61)49-47-45-43-41-39-37-35-33-31-29-27-25-23-21-19-17-15-13-11-9-7-2/h8,10,14-17,20-23,26-29,32-35,39,41,55-56H,6-7,9,11-13,18-19,24-25,30-31,36-38,40,42-54H2,1-5H3/p+1/b10-8+,16-14+,17-15+,22-20+,23-21+,28-26+,29-27+,34-32+,35-33+,41-39+. The van der Waals surface area contributed by atoms with Gasteiger partial charge in [-0.2, -0.15) is 0 Å². The lowest BCUT2D eigenvalue weighted by Gasteiger charge is -2.31. The van der Waals surface area contributed by atoms with Crippen LogP contribution in [0.5, 0.6) is 0 Å². The second kappa shape index (κ2) is 48.2. The summed E-state index contributed by atoms with van der Waals surface area (Å²) in [4.78, 5) is 37.2. The molecule has 0 aliphatic carbocycles. The van der Waals surface area contributed by atoms with Crippen molar-refractivity contribution >= 4 is 17.9 Å². The van der Waals surface area contributed by atoms with Crippen molar-refractivity contribution in [2.24, 2.45) is 0 Å². The minimum atomic E-state index is -0.889. The quantitative estimate of drug-likeness (QED) is 0.0281. The van der Waals surface area contributed by atoms with Crippen molar-refractivity contribution in [1.82, 2.24) is 0 Å². The molecule has 0 saturated carbocycles. The second-order valence-electron chi connectivity index (χ2n) is 18.0. The molecule has 0 aromatic carbocycles. The Morgan fingerprint density at radius 3 is 1.27 bits per heavy atom. The zero-order valence-corrected chi connectivity index (χ0v) is 43.1. The van der Waals surface area contributed by atoms with Crippen LogP contribution in [0.15, 0.2) is 122 Å². The fraction of sp³-hybridized carbons (Fsp3) is 0.610. The molecule has 0 aliphatic heterocycles. The molecule has 8 nitrogen and oxygen atoms in total. The van der Waals surface area contributed by atoms with Crippen LogP contribution >= 0.6 is 0 Å². The number of ether oxygens (including phenoxy) is 3. The largest absolute Gasteiger partial charge is 0.477 e. The van der Waals surface area contributed by atoms with E-state index in [1.54, 1.807) is 0 Å². The number of esters is 2. The van der Waals surface area contributed by atoms with Crippen LogP contribution < -0.4 is 0 Å². The number of quaternary nitrogens is 1. The van der Waals surface area contributed by atoms with Crippen LogP contribution in [0.4, 0.5) is 0 Å². The summed E-state index contributed by atoms with van der Waals surface area (Å²) in [6, 6.07) is -0.633. The van der Waals surface area contributed by atoms with Crippen molar-refractivity contribution in [3.8, 4) is 0 Å². The molecule has 0 spiro atoms. The first kappa shape index (κ1) is 62.7. The van der Waals surface area contributed by atoms with Gasteiger partial charge in [0, 0.05) is 19.3 Å². The SMILES string of the molecule is CC/C=C/C/C=C/C/C=C/C/C=C/C/C=C/CCCCCCCCC(=O)OC(COCCC(C(=O)O)[N+](C)(C)C)COC(=O)CCCC/C=C/C/C=C/C/C=C/C/C=C/C/C=C/CCCCC. The number of carbonyl (C=O) groups is 3. The highest BCUT2D eigenvalue weighted by Crippen LogP contribution is 2.13. The number of carboxylic acids is 1. The zero-order valence-electron chi connectivity index (χ0n) is 43.1. The molecule has 0 saturated heterocycles. The Kier molecular flexibility index (Phi) is 45.1. The van der Waals surface area contributed by atoms with E-state index in [9.17, 15) is 19.5 Å². The van der Waals surface area contributed by atoms with Gasteiger partial charge in [0.2, 0.25) is 0 Å². The van der Waals surface area contributed by atoms with Crippen molar-refractivity contribution in [3.63, 3.8) is 0 Å². The van der Waals surface area contributed by atoms with E-state index in [0.29, 0.717) is 25.7 Å². The summed E-state index contributed by atoms with van der Waals surface area (Å²) < 4.78 is 17.3. The van der Waals surface area contributed by atoms with Crippen molar-refractivity contribution in [1.29, 1.82) is 0 Å². The summed E-state index contributed by atoms with van der Waals surface area (Å²) in [5, 5.41) is 9.66. The van der Waals surface area contributed by atoms with E-state index in [4.69, 9.17) is 14.2 Å². The third-order valence-electron chi connectivity index (χ3n) is 10.8. The Labute approximate surface area is 410 Å². The van der Waals surface area contributed by atoms with Crippen molar-refractivity contribution in [2.75, 3.05) is 41.0 Å². The predicted octanol–water partition coefficient (Wildman–Crippen LogP) is 15.4. The average molecular weight is 931 g/mol. The van der Waals surface area contributed by atoms with Crippen LogP contribution in [0, 0.1) is 0 Å². The predicted molar refractivity (Wildman–Crippen MR) is 284 cm³/mol. The first-order chi connectivity index (χ1) is 32.6. The first-order valence-corrected chi connectivity index (χ1v) is 26.1. The van der Waals surface area contributed by atoms with Gasteiger partial charge in [-0.05, 0) is 109 Å². The number of allylic oxidation sites excluding steroid dienone is 20. The number of nitrogens with zero attached hydrogens (tertiary/aromatic N) is 1. The van der Waals surface area contributed by atoms with Crippen LogP contribution in [0.1, 0.15) is 181 Å². The molecule has 0 aromatic heterocycles. The molecule has 67 heavy (non-hydrogen) atoms. The number of aliphatic carboxylic acids is 1. The summed E-state index contributed by atoms with van der Waals surface area (Å²) in [5.74, 6) is -1.56. The summed E-state index contributed by atoms with van der Waals surface area (Å²) in [6.07, 6.45) is 68.2. The molecule has 0 radical (unpaired) electrons. The highest BCUT2D eigenvalue weighted by atomic mass is 16.6. The van der Waals surface area contributed by atoms with E-state index < -0.39 is 18.1 Å². The van der Waals surface area contributed by atoms with E-state index in [2.05, 4.69) is 135 Å². The molecule has 8 heteroatoms. The number of rotatable bonds is 45. The van der Waals surface area contributed by atoms with Gasteiger partial charge in [-0.1, -0.05) is 174 Å². The minimum Gasteiger partial charge on any atom is -0.477 e. The third-order valence-corrected chi connectivity index (χ3v) is 10.8. The lowest BCUT2D eigenvalue weighted by molar-refractivity contribution is -0.887. The van der Waals surface area contributed by atoms with Crippen molar-refractivity contribution in [3.05, 3.63) is 122 Å². The second-order valence-corrected chi connectivity index (χ2v) is 18.0. The summed E-state index contributed by atoms with van der Waals surface area (Å²) >= 11 is 0. The maximum atomic E-state index is 12.8. The van der Waals surface area contributed by atoms with Gasteiger partial charge in [-0.15, -0.1) is 0 Å².